The summed E-state index contributed by atoms with van der Waals surface area (Å²) in [5, 5.41) is 15.7. The van der Waals surface area contributed by atoms with Gasteiger partial charge < -0.3 is 0 Å². The molecule has 20 aromatic rings. The molecule has 16 aromatic carbocycles. The summed E-state index contributed by atoms with van der Waals surface area (Å²) in [4.78, 5) is 31.4. The first-order valence-corrected chi connectivity index (χ1v) is 38.4. The minimum atomic E-state index is 0.859. The monoisotopic (exact) mass is 1450 g/mol. The maximum absolute atomic E-state index is 4.68. The number of hydrogen-bond acceptors (Lipinski definition) is 7. The van der Waals surface area contributed by atoms with E-state index in [1.165, 1.54) is 154 Å². The molecular formula is C105H93N7. The zero-order chi connectivity index (χ0) is 78.1. The van der Waals surface area contributed by atoms with Crippen LogP contribution >= 0.6 is 0 Å². The highest BCUT2D eigenvalue weighted by Crippen LogP contribution is 2.44. The molecule has 0 unspecified atom stereocenters. The third-order valence-electron chi connectivity index (χ3n) is 20.1. The fourth-order valence-corrected chi connectivity index (χ4v) is 14.3. The molecule has 0 aliphatic heterocycles. The fourth-order valence-electron chi connectivity index (χ4n) is 14.3. The highest BCUT2D eigenvalue weighted by atomic mass is 14.8. The summed E-state index contributed by atoms with van der Waals surface area (Å²) in [6.45, 7) is 29.3. The van der Waals surface area contributed by atoms with Gasteiger partial charge in [0.25, 0.3) is 0 Å². The number of benzene rings is 16. The third kappa shape index (κ3) is 18.2. The molecule has 7 heteroatoms. The zero-order valence-electron chi connectivity index (χ0n) is 66.6. The minimum absolute atomic E-state index is 0.859. The number of pyridine rings is 1. The smallest absolute Gasteiger partial charge is 0.0913 e. The van der Waals surface area contributed by atoms with Gasteiger partial charge in [-0.15, -0.1) is 0 Å². The molecule has 0 spiro atoms. The number of fused-ring (bicyclic) bond motifs is 11. The Morgan fingerprint density at radius 2 is 0.446 bits per heavy atom. The number of aryl methyl sites for hydroxylation is 14. The van der Waals surface area contributed by atoms with Crippen LogP contribution in [0.2, 0.25) is 0 Å². The van der Waals surface area contributed by atoms with Crippen LogP contribution in [0.15, 0.2) is 310 Å². The molecule has 0 atom stereocenters. The topological polar surface area (TPSA) is 90.2 Å². The van der Waals surface area contributed by atoms with Crippen molar-refractivity contribution in [1.82, 2.24) is 34.9 Å². The summed E-state index contributed by atoms with van der Waals surface area (Å²) in [6.07, 6.45) is 3.52. The van der Waals surface area contributed by atoms with Gasteiger partial charge in [-0.05, 0) is 263 Å². The fraction of sp³-hybridized carbons (Fsp3) is 0.133. The van der Waals surface area contributed by atoms with Gasteiger partial charge in [-0.2, -0.15) is 0 Å². The van der Waals surface area contributed by atoms with Crippen LogP contribution in [0.5, 0.6) is 0 Å². The molecule has 0 bridgehead atoms. The molecule has 0 aliphatic rings. The summed E-state index contributed by atoms with van der Waals surface area (Å²) in [7, 11) is 0. The van der Waals surface area contributed by atoms with E-state index in [4.69, 9.17) is 0 Å². The van der Waals surface area contributed by atoms with E-state index < -0.39 is 0 Å². The predicted octanol–water partition coefficient (Wildman–Crippen LogP) is 27.9. The van der Waals surface area contributed by atoms with E-state index in [0.29, 0.717) is 0 Å². The molecule has 0 saturated heterocycles. The van der Waals surface area contributed by atoms with Crippen LogP contribution in [-0.2, 0) is 0 Å². The molecule has 0 amide bonds. The first-order valence-electron chi connectivity index (χ1n) is 38.4. The Hall–Kier alpha value is -13.2. The van der Waals surface area contributed by atoms with Gasteiger partial charge in [-0.1, -0.05) is 275 Å². The van der Waals surface area contributed by atoms with Gasteiger partial charge in [0.1, 0.15) is 0 Å². The van der Waals surface area contributed by atoms with Gasteiger partial charge in [0.05, 0.1) is 66.6 Å². The molecule has 0 aliphatic carbocycles. The van der Waals surface area contributed by atoms with Crippen molar-refractivity contribution >= 4 is 120 Å². The highest BCUT2D eigenvalue weighted by molar-refractivity contribution is 6.21. The van der Waals surface area contributed by atoms with Crippen molar-refractivity contribution in [3.8, 4) is 22.3 Å². The SMILES string of the molecule is Cc1ccc(C)cc1.Cc1ccc2c(-c3ccccc3)c3cc(C)ccc3c(-c3ccccc3)c2c1.Cc1ccc2cc(C)ccc2c1.Cc1ccc2cc3cc(C)ccc3cc2c1.Cc1ccc2nc3cc(C)ccc3cc2c1.Cc1ccc2nc3cc(C)ccc3nc2c1.Cc1cnc2cc3nc(C)cnc3cc2n1. The molecule has 0 fully saturated rings. The Morgan fingerprint density at radius 3 is 0.857 bits per heavy atom. The van der Waals surface area contributed by atoms with E-state index >= 15 is 0 Å². The molecule has 4 aromatic heterocycles. The first-order chi connectivity index (χ1) is 54.1. The van der Waals surface area contributed by atoms with Crippen LogP contribution in [0.3, 0.4) is 0 Å². The Labute approximate surface area is 657 Å². The second kappa shape index (κ2) is 33.7. The van der Waals surface area contributed by atoms with Crippen molar-refractivity contribution in [2.45, 2.75) is 96.9 Å². The van der Waals surface area contributed by atoms with Crippen molar-refractivity contribution < 1.29 is 0 Å². The average Bonchev–Trinajstić information content (AvgIpc) is 0.730. The van der Waals surface area contributed by atoms with E-state index in [0.717, 1.165) is 66.6 Å². The standard InChI is InChI=1S/C28H22.C16H14.C15H13N.C14H12N2.C12H10N4.C12H12.C8H10/c1-19-13-15-23-25(17-19)27(21-9-5-3-6-10-21)24-16-14-20(2)18-26(24)28(23)22-11-7-4-8-12-22;1-11-3-5-13-10-16-8-12(2)4-6-14(16)9-15(13)7-11;1-10-4-6-14-13(7-10)9-12-5-3-11(2)8-15(12)16-14;1-9-3-5-11-13(7-9)15-12-6-4-10(2)8-14(12)16-11;1-7-5-13-9-4-12-10(3-11(9)15-7)14-6-8(2)16-12;1-9-3-5-12-8-10(2)4-6-11(12)7-9;1-7-3-5-8(2)6-4-7/h3-18H,1-2H3;3-10H,1-2H3;3-9H,1-2H3;3-8H,1-2H3;3-6H,1-2H3;3-8H,1-2H3;3-6H,1-2H3. The molecule has 20 rings (SSSR count). The van der Waals surface area contributed by atoms with Gasteiger partial charge in [0.15, 0.2) is 0 Å². The summed E-state index contributed by atoms with van der Waals surface area (Å²) >= 11 is 0. The largest absolute Gasteiger partial charge is 0.253 e. The lowest BCUT2D eigenvalue weighted by molar-refractivity contribution is 1.17. The molecule has 112 heavy (non-hydrogen) atoms. The number of hydrogen-bond donors (Lipinski definition) is 0. The van der Waals surface area contributed by atoms with Crippen molar-refractivity contribution in [3.05, 3.63) is 388 Å². The van der Waals surface area contributed by atoms with E-state index in [-0.39, 0.29) is 0 Å². The van der Waals surface area contributed by atoms with E-state index in [2.05, 4.69) is 391 Å². The van der Waals surface area contributed by atoms with Gasteiger partial charge >= 0.3 is 0 Å². The van der Waals surface area contributed by atoms with Crippen LogP contribution < -0.4 is 0 Å². The van der Waals surface area contributed by atoms with Crippen molar-refractivity contribution in [2.24, 2.45) is 0 Å². The lowest BCUT2D eigenvalue weighted by Gasteiger charge is -2.18. The molecule has 0 N–H and O–H groups in total. The Kier molecular flexibility index (Phi) is 22.8. The van der Waals surface area contributed by atoms with Crippen LogP contribution in [-0.4, -0.2) is 34.9 Å². The van der Waals surface area contributed by atoms with E-state index in [1.54, 1.807) is 12.4 Å². The van der Waals surface area contributed by atoms with Gasteiger partial charge in [-0.3, -0.25) is 9.97 Å². The van der Waals surface area contributed by atoms with Crippen molar-refractivity contribution in [2.75, 3.05) is 0 Å². The highest BCUT2D eigenvalue weighted by Gasteiger charge is 2.17. The maximum Gasteiger partial charge on any atom is 0.0913 e. The molecule has 0 saturated carbocycles. The van der Waals surface area contributed by atoms with Crippen LogP contribution in [0, 0.1) is 96.9 Å². The van der Waals surface area contributed by atoms with Gasteiger partial charge in [0.2, 0.25) is 0 Å². The van der Waals surface area contributed by atoms with Crippen LogP contribution in [0.4, 0.5) is 0 Å². The minimum Gasteiger partial charge on any atom is -0.253 e. The third-order valence-corrected chi connectivity index (χ3v) is 20.1. The Morgan fingerprint density at radius 1 is 0.161 bits per heavy atom. The zero-order valence-corrected chi connectivity index (χ0v) is 66.6. The maximum atomic E-state index is 4.68. The lowest BCUT2D eigenvalue weighted by Crippen LogP contribution is -1.92. The molecule has 4 heterocycles. The van der Waals surface area contributed by atoms with Crippen molar-refractivity contribution in [1.29, 1.82) is 0 Å². The average molecular weight is 1450 g/mol. The van der Waals surface area contributed by atoms with E-state index in [1.807, 2.05) is 38.1 Å². The van der Waals surface area contributed by atoms with Crippen molar-refractivity contribution in [3.63, 3.8) is 0 Å². The van der Waals surface area contributed by atoms with Crippen LogP contribution in [0.25, 0.3) is 142 Å². The van der Waals surface area contributed by atoms with E-state index in [9.17, 15) is 0 Å². The summed E-state index contributed by atoms with van der Waals surface area (Å²) in [6, 6.07) is 106. The number of nitrogens with zero attached hydrogens (tertiary/aromatic N) is 7. The Balaban J connectivity index is 0.000000111. The quantitative estimate of drug-likeness (QED) is 0.159. The number of rotatable bonds is 2. The molecular weight excluding hydrogens is 1360 g/mol. The lowest BCUT2D eigenvalue weighted by atomic mass is 9.85. The first kappa shape index (κ1) is 75.6. The van der Waals surface area contributed by atoms with Gasteiger partial charge in [-0.25, -0.2) is 24.9 Å². The molecule has 7 nitrogen and oxygen atoms in total. The summed E-state index contributed by atoms with van der Waals surface area (Å²) in [5.74, 6) is 0. The van der Waals surface area contributed by atoms with Gasteiger partial charge in [0, 0.05) is 23.2 Å². The summed E-state index contributed by atoms with van der Waals surface area (Å²) in [5.41, 5.74) is 32.0. The summed E-state index contributed by atoms with van der Waals surface area (Å²) < 4.78 is 0. The molecule has 0 radical (unpaired) electrons. The molecule has 548 valence electrons. The second-order valence-electron chi connectivity index (χ2n) is 30.1. The Bertz CT molecular complexity index is 5950. The number of aromatic nitrogens is 7. The van der Waals surface area contributed by atoms with Crippen LogP contribution in [0.1, 0.15) is 78.1 Å². The normalized spacial score (nSPS) is 10.9. The second-order valence-corrected chi connectivity index (χ2v) is 30.1. The predicted molar refractivity (Wildman–Crippen MR) is 479 cm³/mol.